The third-order valence-corrected chi connectivity index (χ3v) is 3.26. The van der Waals surface area contributed by atoms with Crippen LogP contribution in [-0.4, -0.2) is 19.8 Å². The van der Waals surface area contributed by atoms with E-state index in [-0.39, 0.29) is 0 Å². The maximum atomic E-state index is 12.9. The molecular weight excluding hydrogens is 335 g/mol. The van der Waals surface area contributed by atoms with Crippen molar-refractivity contribution in [3.8, 4) is 5.75 Å². The van der Waals surface area contributed by atoms with Crippen LogP contribution in [0.4, 0.5) is 22.0 Å². The lowest BCUT2D eigenvalue weighted by Crippen LogP contribution is -2.20. The van der Waals surface area contributed by atoms with Crippen molar-refractivity contribution in [2.45, 2.75) is 24.4 Å². The van der Waals surface area contributed by atoms with E-state index in [4.69, 9.17) is 16.4 Å². The van der Waals surface area contributed by atoms with Crippen LogP contribution in [0.5, 0.6) is 5.75 Å². The largest absolute Gasteiger partial charge is 0.573 e. The van der Waals surface area contributed by atoms with Gasteiger partial charge in [0.1, 0.15) is 0 Å². The van der Waals surface area contributed by atoms with Gasteiger partial charge in [-0.2, -0.15) is 0 Å². The number of hydrogen-bond donors (Lipinski definition) is 1. The Bertz CT molecular complexity index is 605. The molecule has 0 saturated heterocycles. The molecule has 1 rings (SSSR count). The quantitative estimate of drug-likeness (QED) is 0.672. The van der Waals surface area contributed by atoms with Gasteiger partial charge in [-0.3, -0.25) is 0 Å². The Morgan fingerprint density at radius 1 is 1.40 bits per heavy atom. The minimum Gasteiger partial charge on any atom is -0.404 e. The van der Waals surface area contributed by atoms with Gasteiger partial charge in [-0.05, 0) is 0 Å². The SMILES string of the molecule is NCc1c(OC(F)(F)F)cnc(S(=O)(=O)Cl)c1C(F)F. The number of halogens is 6. The maximum Gasteiger partial charge on any atom is 0.573 e. The van der Waals surface area contributed by atoms with Gasteiger partial charge in [0.2, 0.25) is 0 Å². The number of rotatable bonds is 4. The van der Waals surface area contributed by atoms with Crippen LogP contribution in [0.15, 0.2) is 11.2 Å². The molecule has 1 aromatic heterocycles. The second kappa shape index (κ2) is 5.66. The van der Waals surface area contributed by atoms with Crippen molar-refractivity contribution in [2.75, 3.05) is 0 Å². The molecule has 0 aromatic carbocycles. The van der Waals surface area contributed by atoms with Crippen LogP contribution >= 0.6 is 10.7 Å². The Balaban J connectivity index is 3.59. The number of alkyl halides is 5. The molecule has 0 unspecified atom stereocenters. The van der Waals surface area contributed by atoms with Crippen LogP contribution in [0, 0.1) is 0 Å². The number of nitrogens with two attached hydrogens (primary N) is 1. The molecule has 0 saturated carbocycles. The van der Waals surface area contributed by atoms with Gasteiger partial charge >= 0.3 is 6.36 Å². The summed E-state index contributed by atoms with van der Waals surface area (Å²) in [5.74, 6) is -1.11. The molecule has 12 heteroatoms. The Labute approximate surface area is 113 Å². The summed E-state index contributed by atoms with van der Waals surface area (Å²) in [5, 5.41) is -1.26. The van der Waals surface area contributed by atoms with E-state index in [1.165, 1.54) is 0 Å². The first-order valence-corrected chi connectivity index (χ1v) is 6.98. The number of pyridine rings is 1. The van der Waals surface area contributed by atoms with Gasteiger partial charge in [-0.1, -0.05) is 0 Å². The van der Waals surface area contributed by atoms with Crippen LogP contribution < -0.4 is 10.5 Å². The zero-order valence-electron chi connectivity index (χ0n) is 9.29. The summed E-state index contributed by atoms with van der Waals surface area (Å²) in [4.78, 5) is 2.98. The van der Waals surface area contributed by atoms with E-state index in [2.05, 4.69) is 9.72 Å². The molecule has 0 aliphatic carbocycles. The third-order valence-electron chi connectivity index (χ3n) is 2.03. The second-order valence-electron chi connectivity index (χ2n) is 3.31. The van der Waals surface area contributed by atoms with Crippen molar-refractivity contribution in [2.24, 2.45) is 5.73 Å². The van der Waals surface area contributed by atoms with E-state index in [1.807, 2.05) is 0 Å². The predicted molar refractivity (Wildman–Crippen MR) is 56.8 cm³/mol. The van der Waals surface area contributed by atoms with Crippen molar-refractivity contribution in [1.82, 2.24) is 4.98 Å². The first kappa shape index (κ1) is 16.9. The van der Waals surface area contributed by atoms with Crippen LogP contribution in [0.3, 0.4) is 0 Å². The standard InChI is InChI=1S/C8H6ClF5N2O3S/c9-20(17,18)7-5(6(10)11)3(1-15)4(2-16-7)19-8(12,13)14/h2,6H,1,15H2. The topological polar surface area (TPSA) is 82.3 Å². The van der Waals surface area contributed by atoms with Crippen molar-refractivity contribution in [3.63, 3.8) is 0 Å². The average Bonchev–Trinajstić information content (AvgIpc) is 2.24. The normalized spacial score (nSPS) is 12.8. The molecule has 0 bridgehead atoms. The third kappa shape index (κ3) is 3.90. The average molecular weight is 341 g/mol. The molecule has 0 amide bonds. The fourth-order valence-corrected chi connectivity index (χ4v) is 2.39. The Morgan fingerprint density at radius 3 is 2.30 bits per heavy atom. The van der Waals surface area contributed by atoms with Gasteiger partial charge in [-0.15, -0.1) is 13.2 Å². The highest BCUT2D eigenvalue weighted by molar-refractivity contribution is 8.13. The summed E-state index contributed by atoms with van der Waals surface area (Å²) >= 11 is 0. The molecule has 2 N–H and O–H groups in total. The number of ether oxygens (including phenoxy) is 1. The van der Waals surface area contributed by atoms with E-state index < -0.39 is 50.3 Å². The molecule has 1 aromatic rings. The molecule has 0 aliphatic heterocycles. The van der Waals surface area contributed by atoms with Gasteiger partial charge in [0, 0.05) is 22.8 Å². The van der Waals surface area contributed by atoms with E-state index in [1.54, 1.807) is 0 Å². The summed E-state index contributed by atoms with van der Waals surface area (Å²) in [5.41, 5.74) is 2.92. The molecule has 20 heavy (non-hydrogen) atoms. The zero-order valence-corrected chi connectivity index (χ0v) is 10.9. The van der Waals surface area contributed by atoms with Gasteiger partial charge < -0.3 is 10.5 Å². The van der Waals surface area contributed by atoms with Gasteiger partial charge in [-0.25, -0.2) is 22.2 Å². The molecule has 0 spiro atoms. The molecule has 0 atom stereocenters. The van der Waals surface area contributed by atoms with E-state index in [0.29, 0.717) is 6.20 Å². The number of nitrogens with zero attached hydrogens (tertiary/aromatic N) is 1. The monoisotopic (exact) mass is 340 g/mol. The summed E-state index contributed by atoms with van der Waals surface area (Å²) in [7, 11) is 0.212. The minimum absolute atomic E-state index is 0.316. The van der Waals surface area contributed by atoms with Crippen LogP contribution in [0.1, 0.15) is 17.6 Å². The minimum atomic E-state index is -5.17. The summed E-state index contributed by atoms with van der Waals surface area (Å²) in [6.07, 6.45) is -8.32. The fraction of sp³-hybridized carbons (Fsp3) is 0.375. The highest BCUT2D eigenvalue weighted by Gasteiger charge is 2.35. The highest BCUT2D eigenvalue weighted by atomic mass is 35.7. The Kier molecular flexibility index (Phi) is 4.77. The smallest absolute Gasteiger partial charge is 0.404 e. The van der Waals surface area contributed by atoms with Crippen molar-refractivity contribution < 1.29 is 35.1 Å². The molecule has 0 radical (unpaired) electrons. The molecule has 0 aliphatic rings. The maximum absolute atomic E-state index is 12.9. The predicted octanol–water partition coefficient (Wildman–Crippen LogP) is 2.30. The Hall–Kier alpha value is -1.20. The lowest BCUT2D eigenvalue weighted by Gasteiger charge is -2.16. The van der Waals surface area contributed by atoms with Gasteiger partial charge in [0.25, 0.3) is 15.5 Å². The van der Waals surface area contributed by atoms with E-state index in [9.17, 15) is 30.4 Å². The summed E-state index contributed by atoms with van der Waals surface area (Å²) in [6.45, 7) is -0.826. The summed E-state index contributed by atoms with van der Waals surface area (Å²) < 4.78 is 87.7. The molecule has 0 fully saturated rings. The highest BCUT2D eigenvalue weighted by Crippen LogP contribution is 2.36. The number of aromatic nitrogens is 1. The van der Waals surface area contributed by atoms with Crippen molar-refractivity contribution in [1.29, 1.82) is 0 Å². The fourth-order valence-electron chi connectivity index (χ4n) is 1.37. The molecule has 114 valence electrons. The summed E-state index contributed by atoms with van der Waals surface area (Å²) in [6, 6.07) is 0. The van der Waals surface area contributed by atoms with Gasteiger partial charge in [0.15, 0.2) is 10.8 Å². The lowest BCUT2D eigenvalue weighted by atomic mass is 10.1. The Morgan fingerprint density at radius 2 is 1.95 bits per heavy atom. The molecule has 1 heterocycles. The molecule has 5 nitrogen and oxygen atoms in total. The van der Waals surface area contributed by atoms with Crippen molar-refractivity contribution >= 4 is 19.7 Å². The van der Waals surface area contributed by atoms with Crippen molar-refractivity contribution in [3.05, 3.63) is 17.3 Å². The van der Waals surface area contributed by atoms with Crippen LogP contribution in [0.2, 0.25) is 0 Å². The first-order valence-electron chi connectivity index (χ1n) is 4.67. The van der Waals surface area contributed by atoms with E-state index >= 15 is 0 Å². The van der Waals surface area contributed by atoms with Crippen LogP contribution in [-0.2, 0) is 15.6 Å². The van der Waals surface area contributed by atoms with E-state index in [0.717, 1.165) is 0 Å². The van der Waals surface area contributed by atoms with Gasteiger partial charge in [0.05, 0.1) is 11.8 Å². The first-order chi connectivity index (χ1) is 8.97. The molecular formula is C8H6ClF5N2O3S. The number of hydrogen-bond acceptors (Lipinski definition) is 5. The van der Waals surface area contributed by atoms with Crippen LogP contribution in [0.25, 0.3) is 0 Å². The second-order valence-corrected chi connectivity index (χ2v) is 5.79. The lowest BCUT2D eigenvalue weighted by molar-refractivity contribution is -0.275. The zero-order chi connectivity index (χ0) is 15.7.